The minimum atomic E-state index is -0.594. The molecule has 3 aromatic heterocycles. The van der Waals surface area contributed by atoms with Crippen molar-refractivity contribution in [1.82, 2.24) is 14.9 Å². The smallest absolute Gasteiger partial charge is 0.433 e. The van der Waals surface area contributed by atoms with Crippen LogP contribution >= 0.6 is 11.8 Å². The summed E-state index contributed by atoms with van der Waals surface area (Å²) in [6, 6.07) is 6.30. The van der Waals surface area contributed by atoms with Gasteiger partial charge in [-0.1, -0.05) is 11.8 Å². The molecule has 0 aliphatic heterocycles. The van der Waals surface area contributed by atoms with Crippen molar-refractivity contribution in [3.05, 3.63) is 52.5 Å². The summed E-state index contributed by atoms with van der Waals surface area (Å²) < 4.78 is 11.9. The molecule has 122 valence electrons. The molecule has 0 atom stereocenters. The summed E-state index contributed by atoms with van der Waals surface area (Å²) >= 11 is 1.39. The molecule has 0 unspecified atom stereocenters. The van der Waals surface area contributed by atoms with Crippen molar-refractivity contribution in [1.29, 1.82) is 0 Å². The quantitative estimate of drug-likeness (QED) is 0.291. The van der Waals surface area contributed by atoms with Crippen molar-refractivity contribution in [3.63, 3.8) is 0 Å². The molecule has 0 N–H and O–H groups in total. The lowest BCUT2D eigenvalue weighted by Gasteiger charge is -1.99. The normalized spacial score (nSPS) is 11.7. The second-order valence-electron chi connectivity index (χ2n) is 4.36. The van der Waals surface area contributed by atoms with Crippen LogP contribution in [-0.4, -0.2) is 32.3 Å². The van der Waals surface area contributed by atoms with Crippen LogP contribution in [0.2, 0.25) is 0 Å². The summed E-state index contributed by atoms with van der Waals surface area (Å²) in [5.74, 6) is 1.07. The zero-order chi connectivity index (χ0) is 16.9. The van der Waals surface area contributed by atoms with Crippen molar-refractivity contribution in [2.45, 2.75) is 5.16 Å². The number of aromatic nitrogens is 3. The second kappa shape index (κ2) is 6.96. The Labute approximate surface area is 139 Å². The molecule has 0 amide bonds. The maximum atomic E-state index is 10.6. The predicted molar refractivity (Wildman–Crippen MR) is 87.8 cm³/mol. The van der Waals surface area contributed by atoms with Crippen LogP contribution in [-0.2, 0) is 0 Å². The molecular formula is C14H11N5O4S. The highest BCUT2D eigenvalue weighted by molar-refractivity contribution is 7.98. The van der Waals surface area contributed by atoms with E-state index in [1.807, 2.05) is 6.26 Å². The molecule has 0 radical (unpaired) electrons. The topological polar surface area (TPSA) is 112 Å². The van der Waals surface area contributed by atoms with E-state index in [-0.39, 0.29) is 5.88 Å². The summed E-state index contributed by atoms with van der Waals surface area (Å²) in [6.07, 6.45) is 8.06. The standard InChI is InChI=1S/C14H11N5O4S/c1-24-14-17-16-13(11-5-3-9-22-11)18(14)15-8-2-4-10-6-7-12(23-10)19(20)21/h2-9H,1H3/b4-2+,15-8-. The van der Waals surface area contributed by atoms with Gasteiger partial charge in [-0.25, -0.2) is 0 Å². The van der Waals surface area contributed by atoms with Crippen LogP contribution in [0.15, 0.2) is 55.7 Å². The van der Waals surface area contributed by atoms with Gasteiger partial charge < -0.3 is 8.83 Å². The molecule has 3 aromatic rings. The Hall–Kier alpha value is -3.14. The molecule has 0 aromatic carbocycles. The molecule has 3 rings (SSSR count). The molecule has 24 heavy (non-hydrogen) atoms. The van der Waals surface area contributed by atoms with Gasteiger partial charge in [0.2, 0.25) is 11.0 Å². The first kappa shape index (κ1) is 15.7. The van der Waals surface area contributed by atoms with Gasteiger partial charge in [0.1, 0.15) is 10.7 Å². The van der Waals surface area contributed by atoms with Gasteiger partial charge in [0.05, 0.1) is 12.3 Å². The predicted octanol–water partition coefficient (Wildman–Crippen LogP) is 3.31. The van der Waals surface area contributed by atoms with Crippen molar-refractivity contribution in [3.8, 4) is 11.6 Å². The summed E-state index contributed by atoms with van der Waals surface area (Å²) in [5.41, 5.74) is 0. The third-order valence-electron chi connectivity index (χ3n) is 2.86. The van der Waals surface area contributed by atoms with Gasteiger partial charge in [-0.15, -0.1) is 10.2 Å². The number of allylic oxidation sites excluding steroid dienone is 1. The summed E-state index contributed by atoms with van der Waals surface area (Å²) in [6.45, 7) is 0. The summed E-state index contributed by atoms with van der Waals surface area (Å²) in [4.78, 5) is 9.96. The first-order chi connectivity index (χ1) is 11.7. The molecule has 0 fully saturated rings. The molecule has 0 bridgehead atoms. The van der Waals surface area contributed by atoms with E-state index in [1.165, 1.54) is 30.1 Å². The van der Waals surface area contributed by atoms with Crippen molar-refractivity contribution in [2.24, 2.45) is 5.10 Å². The number of thioether (sulfide) groups is 1. The number of rotatable bonds is 6. The molecule has 0 spiro atoms. The minimum absolute atomic E-state index is 0.310. The highest BCUT2D eigenvalue weighted by Crippen LogP contribution is 2.22. The van der Waals surface area contributed by atoms with Crippen LogP contribution < -0.4 is 0 Å². The van der Waals surface area contributed by atoms with Gasteiger partial charge in [0.25, 0.3) is 0 Å². The third-order valence-corrected chi connectivity index (χ3v) is 3.48. The largest absolute Gasteiger partial charge is 0.461 e. The fourth-order valence-electron chi connectivity index (χ4n) is 1.83. The second-order valence-corrected chi connectivity index (χ2v) is 5.13. The van der Waals surface area contributed by atoms with Gasteiger partial charge in [0, 0.05) is 6.21 Å². The zero-order valence-electron chi connectivity index (χ0n) is 12.4. The highest BCUT2D eigenvalue weighted by Gasteiger charge is 2.14. The van der Waals surface area contributed by atoms with Crippen molar-refractivity contribution < 1.29 is 13.8 Å². The monoisotopic (exact) mass is 345 g/mol. The number of nitro groups is 1. The van der Waals surface area contributed by atoms with E-state index in [0.29, 0.717) is 22.5 Å². The van der Waals surface area contributed by atoms with E-state index < -0.39 is 4.92 Å². The number of hydrogen-bond donors (Lipinski definition) is 0. The molecule has 10 heteroatoms. The van der Waals surface area contributed by atoms with Crippen LogP contribution in [0.3, 0.4) is 0 Å². The average molecular weight is 345 g/mol. The summed E-state index contributed by atoms with van der Waals surface area (Å²) in [5, 5.41) is 23.5. The molecular weight excluding hydrogens is 334 g/mol. The zero-order valence-corrected chi connectivity index (χ0v) is 13.2. The lowest BCUT2D eigenvalue weighted by atomic mass is 10.4. The number of hydrogen-bond acceptors (Lipinski definition) is 8. The van der Waals surface area contributed by atoms with Crippen molar-refractivity contribution in [2.75, 3.05) is 6.26 Å². The first-order valence-corrected chi connectivity index (χ1v) is 7.90. The maximum absolute atomic E-state index is 10.6. The average Bonchev–Trinajstić information content (AvgIpc) is 3.30. The van der Waals surface area contributed by atoms with Gasteiger partial charge in [-0.2, -0.15) is 9.78 Å². The fourth-order valence-corrected chi connectivity index (χ4v) is 2.26. The van der Waals surface area contributed by atoms with Gasteiger partial charge in [0.15, 0.2) is 5.76 Å². The Bertz CT molecular complexity index is 894. The number of nitrogens with zero attached hydrogens (tertiary/aromatic N) is 5. The minimum Gasteiger partial charge on any atom is -0.461 e. The lowest BCUT2D eigenvalue weighted by molar-refractivity contribution is -0.402. The van der Waals surface area contributed by atoms with E-state index in [0.717, 1.165) is 0 Å². The van der Waals surface area contributed by atoms with Gasteiger partial charge in [-0.05, 0) is 36.6 Å². The van der Waals surface area contributed by atoms with Crippen LogP contribution in [0.1, 0.15) is 5.76 Å². The Morgan fingerprint density at radius 1 is 1.38 bits per heavy atom. The molecule has 0 saturated heterocycles. The van der Waals surface area contributed by atoms with E-state index in [2.05, 4.69) is 15.3 Å². The van der Waals surface area contributed by atoms with Crippen molar-refractivity contribution >= 4 is 29.9 Å². The van der Waals surface area contributed by atoms with Gasteiger partial charge >= 0.3 is 5.88 Å². The van der Waals surface area contributed by atoms with Gasteiger partial charge in [-0.3, -0.25) is 10.1 Å². The van der Waals surface area contributed by atoms with E-state index in [9.17, 15) is 10.1 Å². The Balaban J connectivity index is 1.80. The Morgan fingerprint density at radius 3 is 2.92 bits per heavy atom. The molecule has 3 heterocycles. The van der Waals surface area contributed by atoms with E-state index in [1.54, 1.807) is 35.2 Å². The fraction of sp³-hybridized carbons (Fsp3) is 0.0714. The molecule has 9 nitrogen and oxygen atoms in total. The first-order valence-electron chi connectivity index (χ1n) is 6.67. The third kappa shape index (κ3) is 3.27. The van der Waals surface area contributed by atoms with Crippen LogP contribution in [0.4, 0.5) is 5.88 Å². The van der Waals surface area contributed by atoms with E-state index >= 15 is 0 Å². The van der Waals surface area contributed by atoms with Crippen LogP contribution in [0.5, 0.6) is 0 Å². The Morgan fingerprint density at radius 2 is 2.25 bits per heavy atom. The highest BCUT2D eigenvalue weighted by atomic mass is 32.2. The van der Waals surface area contributed by atoms with Crippen LogP contribution in [0.25, 0.3) is 17.7 Å². The summed E-state index contributed by atoms with van der Waals surface area (Å²) in [7, 11) is 0. The molecule has 0 aliphatic rings. The van der Waals surface area contributed by atoms with Crippen LogP contribution in [0, 0.1) is 10.1 Å². The molecule has 0 aliphatic carbocycles. The maximum Gasteiger partial charge on any atom is 0.433 e. The molecule has 0 saturated carbocycles. The lowest BCUT2D eigenvalue weighted by Crippen LogP contribution is -1.94. The number of furan rings is 2. The Kier molecular flexibility index (Phi) is 4.57. The van der Waals surface area contributed by atoms with E-state index in [4.69, 9.17) is 8.83 Å². The SMILES string of the molecule is CSc1nnc(-c2ccco2)n1/N=C\C=C\c1ccc([N+](=O)[O-])o1.